The fourth-order valence-electron chi connectivity index (χ4n) is 0.141. The van der Waals surface area contributed by atoms with Crippen LogP contribution >= 0.6 is 0 Å². The second-order valence-electron chi connectivity index (χ2n) is 0.739. The summed E-state index contributed by atoms with van der Waals surface area (Å²) in [5, 5.41) is 8.52. The fourth-order valence-corrected chi connectivity index (χ4v) is 0.141. The van der Waals surface area contributed by atoms with E-state index in [0.717, 1.165) is 4.80 Å². The minimum Gasteiger partial charge on any atom is -0.275 e. The monoisotopic (exact) mass is 86.0 g/mol. The van der Waals surface area contributed by atoms with Crippen molar-refractivity contribution in [2.75, 3.05) is 0 Å². The molecule has 0 spiro atoms. The third-order valence-corrected chi connectivity index (χ3v) is 0.388. The van der Waals surface area contributed by atoms with Crippen LogP contribution in [0.4, 0.5) is 0 Å². The summed E-state index contributed by atoms with van der Waals surface area (Å²) in [6.07, 6.45) is 0.521. The molecule has 0 bridgehead atoms. The van der Waals surface area contributed by atoms with Gasteiger partial charge in [-0.25, -0.2) is 0 Å². The molecular formula is CH2N4O. The molecule has 0 fully saturated rings. The third kappa shape index (κ3) is 0.213. The van der Waals surface area contributed by atoms with Crippen LogP contribution in [0.2, 0.25) is 0 Å². The summed E-state index contributed by atoms with van der Waals surface area (Å²) < 4.78 is 0. The van der Waals surface area contributed by atoms with Crippen LogP contribution in [0.25, 0.3) is 0 Å². The lowest BCUT2D eigenvalue weighted by atomic mass is 11.4. The maximum Gasteiger partial charge on any atom is 0.253 e. The van der Waals surface area contributed by atoms with Crippen LogP contribution in [0.15, 0.2) is 0 Å². The molecule has 0 atom stereocenters. The second kappa shape index (κ2) is 0.925. The average Bonchev–Trinajstić information content (AvgIpc) is 1.31. The van der Waals surface area contributed by atoms with Crippen LogP contribution < -0.4 is 0 Å². The van der Waals surface area contributed by atoms with Crippen molar-refractivity contribution in [3.63, 3.8) is 0 Å². The van der Waals surface area contributed by atoms with Gasteiger partial charge in [-0.1, -0.05) is 0 Å². The SMILES string of the molecule is O=Cn1nn[nH]1. The van der Waals surface area contributed by atoms with Crippen LogP contribution in [-0.4, -0.2) is 26.8 Å². The zero-order chi connectivity index (χ0) is 4.41. The van der Waals surface area contributed by atoms with Gasteiger partial charge in [0.2, 0.25) is 0 Å². The number of hydrogen-bond donors (Lipinski definition) is 1. The molecule has 0 saturated heterocycles. The van der Waals surface area contributed by atoms with E-state index in [1.807, 2.05) is 0 Å². The molecule has 5 nitrogen and oxygen atoms in total. The standard InChI is InChI=1S/CH2N4O/c6-1-5-3-2-4-5/h1H,(H,3,4). The zero-order valence-electron chi connectivity index (χ0n) is 2.83. The lowest BCUT2D eigenvalue weighted by Gasteiger charge is -1.89. The zero-order valence-corrected chi connectivity index (χ0v) is 2.83. The number of H-pyrrole nitrogens is 1. The molecule has 0 radical (unpaired) electrons. The van der Waals surface area contributed by atoms with Gasteiger partial charge in [-0.05, 0) is 10.4 Å². The first-order chi connectivity index (χ1) is 2.93. The van der Waals surface area contributed by atoms with Crippen molar-refractivity contribution in [1.82, 2.24) is 20.4 Å². The Hall–Kier alpha value is -1.13. The Kier molecular flexibility index (Phi) is 0.474. The van der Waals surface area contributed by atoms with E-state index in [0.29, 0.717) is 6.41 Å². The van der Waals surface area contributed by atoms with E-state index in [2.05, 4.69) is 15.6 Å². The third-order valence-electron chi connectivity index (χ3n) is 0.388. The molecule has 0 aromatic carbocycles. The van der Waals surface area contributed by atoms with Crippen LogP contribution in [0.1, 0.15) is 0 Å². The number of carbonyl (C=O) groups is 1. The average molecular weight is 86.1 g/mol. The number of hydrogen-bond acceptors (Lipinski definition) is 3. The molecule has 0 saturated carbocycles. The normalized spacial score (nSPS) is 8.67. The van der Waals surface area contributed by atoms with Crippen LogP contribution in [0, 0.1) is 0 Å². The highest BCUT2D eigenvalue weighted by Gasteiger charge is 1.80. The fraction of sp³-hybridized carbons (Fsp3) is 0. The van der Waals surface area contributed by atoms with E-state index in [1.165, 1.54) is 0 Å². The van der Waals surface area contributed by atoms with Gasteiger partial charge in [-0.2, -0.15) is 5.21 Å². The van der Waals surface area contributed by atoms with Crippen molar-refractivity contribution in [3.05, 3.63) is 0 Å². The summed E-state index contributed by atoms with van der Waals surface area (Å²) in [4.78, 5) is 10.5. The van der Waals surface area contributed by atoms with Gasteiger partial charge in [0.1, 0.15) is 0 Å². The first-order valence-corrected chi connectivity index (χ1v) is 1.34. The van der Waals surface area contributed by atoms with Crippen molar-refractivity contribution >= 4 is 6.41 Å². The lowest BCUT2D eigenvalue weighted by Crippen LogP contribution is -2.15. The maximum absolute atomic E-state index is 9.50. The summed E-state index contributed by atoms with van der Waals surface area (Å²) in [6, 6.07) is 0. The van der Waals surface area contributed by atoms with Gasteiger partial charge in [0.05, 0.1) is 0 Å². The lowest BCUT2D eigenvalue weighted by molar-refractivity contribution is 0.450. The molecule has 5 heteroatoms. The molecule has 1 N–H and O–H groups in total. The van der Waals surface area contributed by atoms with E-state index >= 15 is 0 Å². The Bertz CT molecular complexity index is 120. The minimum absolute atomic E-state index is 0.521. The molecule has 32 valence electrons. The summed E-state index contributed by atoms with van der Waals surface area (Å²) >= 11 is 0. The quantitative estimate of drug-likeness (QED) is 0.429. The molecule has 0 aliphatic carbocycles. The summed E-state index contributed by atoms with van der Waals surface area (Å²) in [7, 11) is 0. The van der Waals surface area contributed by atoms with Gasteiger partial charge in [-0.3, -0.25) is 4.79 Å². The molecule has 0 aliphatic heterocycles. The topological polar surface area (TPSA) is 63.6 Å². The Morgan fingerprint density at radius 2 is 2.50 bits per heavy atom. The smallest absolute Gasteiger partial charge is 0.253 e. The van der Waals surface area contributed by atoms with E-state index < -0.39 is 0 Å². The summed E-state index contributed by atoms with van der Waals surface area (Å²) in [5.74, 6) is 0. The van der Waals surface area contributed by atoms with Crippen LogP contribution in [-0.2, 0) is 4.79 Å². The van der Waals surface area contributed by atoms with Crippen molar-refractivity contribution in [2.24, 2.45) is 0 Å². The second-order valence-corrected chi connectivity index (χ2v) is 0.739. The van der Waals surface area contributed by atoms with Crippen LogP contribution in [0.5, 0.6) is 0 Å². The Balaban J connectivity index is 2.74. The number of aromatic amines is 1. The Morgan fingerprint density at radius 1 is 1.83 bits per heavy atom. The maximum atomic E-state index is 9.50. The number of rotatable bonds is 1. The van der Waals surface area contributed by atoms with Gasteiger partial charge in [0.15, 0.2) is 0 Å². The molecule has 0 aliphatic rings. The van der Waals surface area contributed by atoms with Crippen molar-refractivity contribution in [2.45, 2.75) is 0 Å². The molecule has 1 heterocycles. The molecule has 1 aromatic heterocycles. The van der Waals surface area contributed by atoms with E-state index in [9.17, 15) is 4.79 Å². The van der Waals surface area contributed by atoms with Crippen molar-refractivity contribution < 1.29 is 4.79 Å². The van der Waals surface area contributed by atoms with Gasteiger partial charge < -0.3 is 0 Å². The van der Waals surface area contributed by atoms with E-state index in [4.69, 9.17) is 0 Å². The molecule has 0 unspecified atom stereocenters. The molecule has 1 aromatic rings. The highest BCUT2D eigenvalue weighted by Crippen LogP contribution is 1.53. The van der Waals surface area contributed by atoms with Gasteiger partial charge >= 0.3 is 0 Å². The first kappa shape index (κ1) is 3.08. The highest BCUT2D eigenvalue weighted by atomic mass is 16.1. The van der Waals surface area contributed by atoms with E-state index in [1.54, 1.807) is 0 Å². The summed E-state index contributed by atoms with van der Waals surface area (Å²) in [6.45, 7) is 0. The summed E-state index contributed by atoms with van der Waals surface area (Å²) in [5.41, 5.74) is 0. The highest BCUT2D eigenvalue weighted by molar-refractivity contribution is 5.47. The minimum atomic E-state index is 0.521. The molecule has 1 rings (SSSR count). The van der Waals surface area contributed by atoms with Crippen LogP contribution in [0.3, 0.4) is 0 Å². The van der Waals surface area contributed by atoms with Gasteiger partial charge in [0.25, 0.3) is 6.41 Å². The van der Waals surface area contributed by atoms with Gasteiger partial charge in [0, 0.05) is 0 Å². The number of carbonyl (C=O) groups excluding carboxylic acids is 1. The first-order valence-electron chi connectivity index (χ1n) is 1.34. The Morgan fingerprint density at radius 3 is 2.50 bits per heavy atom. The molecule has 6 heavy (non-hydrogen) atoms. The Labute approximate surface area is 32.9 Å². The number of aromatic nitrogens is 4. The molecular weight excluding hydrogens is 84.0 g/mol. The van der Waals surface area contributed by atoms with Crippen molar-refractivity contribution in [3.8, 4) is 0 Å². The van der Waals surface area contributed by atoms with Gasteiger partial charge in [-0.15, -0.1) is 4.80 Å². The predicted octanol–water partition coefficient (Wildman–Crippen LogP) is -1.36. The van der Waals surface area contributed by atoms with E-state index in [-0.39, 0.29) is 0 Å². The predicted molar refractivity (Wildman–Crippen MR) is 16.5 cm³/mol. The number of nitrogens with one attached hydrogen (secondary N) is 1. The number of nitrogens with zero attached hydrogens (tertiary/aromatic N) is 3. The largest absolute Gasteiger partial charge is 0.275 e. The molecule has 0 amide bonds. The van der Waals surface area contributed by atoms with Crippen molar-refractivity contribution in [1.29, 1.82) is 0 Å².